The molecular formula is C10H26O2Si3. The summed E-state index contributed by atoms with van der Waals surface area (Å²) >= 11 is 0. The molecule has 0 aromatic rings. The Kier molecular flexibility index (Phi) is 7.90. The van der Waals surface area contributed by atoms with E-state index < -0.39 is 0 Å². The SMILES string of the molecule is CCO[SiH2]CC1CC[SiH](C[SiH2]OCC)C1. The van der Waals surface area contributed by atoms with Gasteiger partial charge in [-0.25, -0.2) is 0 Å². The third-order valence-electron chi connectivity index (χ3n) is 3.40. The molecule has 0 bridgehead atoms. The Bertz CT molecular complexity index is 142. The Balaban J connectivity index is 1.99. The maximum atomic E-state index is 5.59. The van der Waals surface area contributed by atoms with Crippen LogP contribution in [0.4, 0.5) is 0 Å². The highest BCUT2D eigenvalue weighted by Crippen LogP contribution is 2.31. The fraction of sp³-hybridized carbons (Fsp3) is 1.00. The van der Waals surface area contributed by atoms with Crippen molar-refractivity contribution in [1.29, 1.82) is 0 Å². The largest absolute Gasteiger partial charge is 0.425 e. The third kappa shape index (κ3) is 6.01. The van der Waals surface area contributed by atoms with Crippen molar-refractivity contribution in [2.45, 2.75) is 44.1 Å². The van der Waals surface area contributed by atoms with Crippen LogP contribution >= 0.6 is 0 Å². The minimum Gasteiger partial charge on any atom is -0.425 e. The fourth-order valence-electron chi connectivity index (χ4n) is 2.49. The molecule has 1 heterocycles. The molecule has 15 heavy (non-hydrogen) atoms. The zero-order chi connectivity index (χ0) is 10.9. The Hall–Kier alpha value is 0.571. The van der Waals surface area contributed by atoms with Gasteiger partial charge in [-0.1, -0.05) is 18.5 Å². The molecule has 0 aliphatic carbocycles. The van der Waals surface area contributed by atoms with Crippen molar-refractivity contribution in [2.24, 2.45) is 5.92 Å². The van der Waals surface area contributed by atoms with E-state index in [2.05, 4.69) is 13.8 Å². The van der Waals surface area contributed by atoms with Gasteiger partial charge in [-0.3, -0.25) is 0 Å². The summed E-state index contributed by atoms with van der Waals surface area (Å²) in [7, 11) is -0.603. The van der Waals surface area contributed by atoms with Crippen molar-refractivity contribution in [1.82, 2.24) is 0 Å². The van der Waals surface area contributed by atoms with Gasteiger partial charge in [0.2, 0.25) is 0 Å². The second-order valence-corrected chi connectivity index (χ2v) is 11.8. The molecular weight excluding hydrogens is 236 g/mol. The minimum atomic E-state index is -0.319. The summed E-state index contributed by atoms with van der Waals surface area (Å²) in [6.45, 7) is 6.14. The lowest BCUT2D eigenvalue weighted by Crippen LogP contribution is -2.13. The van der Waals surface area contributed by atoms with E-state index in [1.807, 2.05) is 0 Å². The van der Waals surface area contributed by atoms with Crippen molar-refractivity contribution >= 4 is 28.3 Å². The highest BCUT2D eigenvalue weighted by atomic mass is 28.3. The van der Waals surface area contributed by atoms with Crippen LogP contribution in [0.1, 0.15) is 20.3 Å². The molecule has 90 valence electrons. The second kappa shape index (κ2) is 8.69. The van der Waals surface area contributed by atoms with E-state index >= 15 is 0 Å². The third-order valence-corrected chi connectivity index (χ3v) is 12.5. The first-order valence-corrected chi connectivity index (χ1v) is 12.1. The molecule has 2 unspecified atom stereocenters. The Morgan fingerprint density at radius 1 is 1.20 bits per heavy atom. The van der Waals surface area contributed by atoms with Gasteiger partial charge in [0.1, 0.15) is 0 Å². The number of rotatable bonds is 8. The van der Waals surface area contributed by atoms with Crippen molar-refractivity contribution in [3.8, 4) is 0 Å². The summed E-state index contributed by atoms with van der Waals surface area (Å²) in [6.07, 6.45) is 1.53. The molecule has 0 spiro atoms. The lowest BCUT2D eigenvalue weighted by Gasteiger charge is -2.09. The Morgan fingerprint density at radius 2 is 1.93 bits per heavy atom. The van der Waals surface area contributed by atoms with E-state index in [-0.39, 0.29) is 28.3 Å². The van der Waals surface area contributed by atoms with Crippen molar-refractivity contribution < 1.29 is 8.85 Å². The lowest BCUT2D eigenvalue weighted by molar-refractivity contribution is 0.355. The van der Waals surface area contributed by atoms with Gasteiger partial charge >= 0.3 is 0 Å². The average Bonchev–Trinajstić information content (AvgIpc) is 2.67. The molecule has 1 aliphatic heterocycles. The van der Waals surface area contributed by atoms with E-state index in [0.717, 1.165) is 19.1 Å². The van der Waals surface area contributed by atoms with Crippen LogP contribution in [0.3, 0.4) is 0 Å². The highest BCUT2D eigenvalue weighted by molar-refractivity contribution is 6.68. The molecule has 0 saturated carbocycles. The van der Waals surface area contributed by atoms with E-state index in [4.69, 9.17) is 8.85 Å². The van der Waals surface area contributed by atoms with Gasteiger partial charge in [-0.15, -0.1) is 0 Å². The van der Waals surface area contributed by atoms with E-state index in [9.17, 15) is 0 Å². The molecule has 2 nitrogen and oxygen atoms in total. The van der Waals surface area contributed by atoms with Crippen LogP contribution in [0.2, 0.25) is 23.8 Å². The zero-order valence-electron chi connectivity index (χ0n) is 10.3. The van der Waals surface area contributed by atoms with Crippen molar-refractivity contribution in [3.63, 3.8) is 0 Å². The summed E-state index contributed by atoms with van der Waals surface area (Å²) in [5.74, 6) is 1.07. The second-order valence-electron chi connectivity index (χ2n) is 4.52. The van der Waals surface area contributed by atoms with Gasteiger partial charge in [0.25, 0.3) is 0 Å². The van der Waals surface area contributed by atoms with E-state index in [0.29, 0.717) is 0 Å². The van der Waals surface area contributed by atoms with Gasteiger partial charge in [0.05, 0.1) is 0 Å². The molecule has 1 rings (SSSR count). The first-order valence-electron chi connectivity index (χ1n) is 6.52. The van der Waals surface area contributed by atoms with Crippen LogP contribution in [0.5, 0.6) is 0 Å². The number of hydrogen-bond acceptors (Lipinski definition) is 2. The maximum Gasteiger partial charge on any atom is 0.161 e. The Labute approximate surface area is 101 Å². The predicted molar refractivity (Wildman–Crippen MR) is 74.8 cm³/mol. The first kappa shape index (κ1) is 13.6. The molecule has 0 amide bonds. The van der Waals surface area contributed by atoms with E-state index in [1.54, 1.807) is 17.8 Å². The Morgan fingerprint density at radius 3 is 2.67 bits per heavy atom. The monoisotopic (exact) mass is 262 g/mol. The van der Waals surface area contributed by atoms with Gasteiger partial charge < -0.3 is 8.85 Å². The van der Waals surface area contributed by atoms with Gasteiger partial charge in [0, 0.05) is 22.0 Å². The summed E-state index contributed by atoms with van der Waals surface area (Å²) in [5.41, 5.74) is 1.56. The van der Waals surface area contributed by atoms with Crippen LogP contribution in [-0.2, 0) is 8.85 Å². The molecule has 1 saturated heterocycles. The summed E-state index contributed by atoms with van der Waals surface area (Å²) in [5, 5.41) is 0. The first-order chi connectivity index (χ1) is 7.36. The number of hydrogen-bond donors (Lipinski definition) is 0. The molecule has 5 heteroatoms. The van der Waals surface area contributed by atoms with Gasteiger partial charge in [-0.2, -0.15) is 0 Å². The van der Waals surface area contributed by atoms with Gasteiger partial charge in [-0.05, 0) is 31.5 Å². The summed E-state index contributed by atoms with van der Waals surface area (Å²) < 4.78 is 11.2. The van der Waals surface area contributed by atoms with Gasteiger partial charge in [0.15, 0.2) is 19.5 Å². The quantitative estimate of drug-likeness (QED) is 0.477. The molecule has 0 aromatic heterocycles. The van der Waals surface area contributed by atoms with Crippen LogP contribution in [0.15, 0.2) is 0 Å². The molecule has 1 aliphatic rings. The zero-order valence-corrected chi connectivity index (χ0v) is 14.3. The molecule has 2 atom stereocenters. The van der Waals surface area contributed by atoms with Crippen LogP contribution in [-0.4, -0.2) is 41.5 Å². The lowest BCUT2D eigenvalue weighted by atomic mass is 10.2. The molecule has 1 fully saturated rings. The topological polar surface area (TPSA) is 18.5 Å². The summed E-state index contributed by atoms with van der Waals surface area (Å²) in [4.78, 5) is 0. The molecule has 0 aromatic carbocycles. The normalized spacial score (nSPS) is 27.6. The van der Waals surface area contributed by atoms with Crippen molar-refractivity contribution in [2.75, 3.05) is 13.2 Å². The maximum absolute atomic E-state index is 5.59. The molecule has 0 N–H and O–H groups in total. The standard InChI is InChI=1S/C10H26O2Si3/c1-3-11-13-7-10-5-6-15(8-10)9-14-12-4-2/h10,15H,3-9,13-14H2,1-2H3. The van der Waals surface area contributed by atoms with Crippen LogP contribution < -0.4 is 0 Å². The summed E-state index contributed by atoms with van der Waals surface area (Å²) in [6, 6.07) is 4.67. The average molecular weight is 263 g/mol. The molecule has 0 radical (unpaired) electrons. The van der Waals surface area contributed by atoms with Crippen LogP contribution in [0, 0.1) is 5.92 Å². The van der Waals surface area contributed by atoms with Crippen LogP contribution in [0.25, 0.3) is 0 Å². The smallest absolute Gasteiger partial charge is 0.161 e. The van der Waals surface area contributed by atoms with E-state index in [1.165, 1.54) is 12.5 Å². The fourth-order valence-corrected chi connectivity index (χ4v) is 11.3. The predicted octanol–water partition coefficient (Wildman–Crippen LogP) is 0.850. The highest BCUT2D eigenvalue weighted by Gasteiger charge is 2.25. The minimum absolute atomic E-state index is 0.123. The van der Waals surface area contributed by atoms with Crippen molar-refractivity contribution in [3.05, 3.63) is 0 Å².